The number of carboxylic acids is 1. The fourth-order valence-electron chi connectivity index (χ4n) is 2.30. The zero-order chi connectivity index (χ0) is 16.5. The number of piperidine rings is 1. The fraction of sp³-hybridized carbons (Fsp3) is 0.462. The Hall–Kier alpha value is -1.19. The summed E-state index contributed by atoms with van der Waals surface area (Å²) >= 11 is 5.75. The summed E-state index contributed by atoms with van der Waals surface area (Å²) in [4.78, 5) is 10.9. The van der Waals surface area contributed by atoms with Crippen LogP contribution in [0.15, 0.2) is 23.1 Å². The molecule has 1 saturated heterocycles. The minimum atomic E-state index is -3.88. The first-order valence-electron chi connectivity index (χ1n) is 6.51. The molecule has 2 unspecified atom stereocenters. The molecule has 1 aliphatic heterocycles. The lowest BCUT2D eigenvalue weighted by atomic mass is 10.1. The lowest BCUT2D eigenvalue weighted by molar-refractivity contribution is -0.0443. The highest BCUT2D eigenvalue weighted by Gasteiger charge is 2.35. The third-order valence-corrected chi connectivity index (χ3v) is 5.79. The molecule has 1 heterocycles. The minimum Gasteiger partial charge on any atom is -0.478 e. The molecule has 1 fully saturated rings. The molecule has 1 aromatic rings. The smallest absolute Gasteiger partial charge is 0.337 e. The summed E-state index contributed by atoms with van der Waals surface area (Å²) in [6.45, 7) is 0.138. The monoisotopic (exact) mass is 349 g/mol. The van der Waals surface area contributed by atoms with Crippen molar-refractivity contribution in [1.82, 2.24) is 4.31 Å². The van der Waals surface area contributed by atoms with Crippen LogP contribution in [0.1, 0.15) is 16.8 Å². The molecule has 0 radical (unpaired) electrons. The van der Waals surface area contributed by atoms with E-state index in [0.29, 0.717) is 0 Å². The number of ether oxygens (including phenoxy) is 1. The summed E-state index contributed by atoms with van der Waals surface area (Å²) < 4.78 is 31.4. The quantitative estimate of drug-likeness (QED) is 0.833. The Morgan fingerprint density at radius 3 is 2.73 bits per heavy atom. The number of halogens is 1. The average molecular weight is 350 g/mol. The van der Waals surface area contributed by atoms with Gasteiger partial charge in [0, 0.05) is 20.2 Å². The molecule has 7 nitrogen and oxygen atoms in total. The first kappa shape index (κ1) is 17.2. The van der Waals surface area contributed by atoms with Gasteiger partial charge in [-0.2, -0.15) is 4.31 Å². The molecule has 0 aliphatic carbocycles. The van der Waals surface area contributed by atoms with Gasteiger partial charge < -0.3 is 14.9 Å². The lowest BCUT2D eigenvalue weighted by Crippen LogP contribution is -2.49. The van der Waals surface area contributed by atoms with Crippen molar-refractivity contribution in [3.63, 3.8) is 0 Å². The molecule has 0 amide bonds. The summed E-state index contributed by atoms with van der Waals surface area (Å²) in [6, 6.07) is 3.54. The van der Waals surface area contributed by atoms with Crippen molar-refractivity contribution in [2.45, 2.75) is 23.5 Å². The van der Waals surface area contributed by atoms with Crippen molar-refractivity contribution in [3.8, 4) is 0 Å². The highest BCUT2D eigenvalue weighted by Crippen LogP contribution is 2.25. The minimum absolute atomic E-state index is 0.00499. The average Bonchev–Trinajstić information content (AvgIpc) is 2.47. The molecule has 0 aromatic heterocycles. The number of hydrogen-bond acceptors (Lipinski definition) is 5. The number of methoxy groups -OCH3 is 1. The number of carboxylic acid groups (broad SMARTS) is 1. The molecule has 22 heavy (non-hydrogen) atoms. The van der Waals surface area contributed by atoms with E-state index in [0.717, 1.165) is 6.07 Å². The summed E-state index contributed by atoms with van der Waals surface area (Å²) in [6.07, 6.45) is -1.09. The zero-order valence-electron chi connectivity index (χ0n) is 11.8. The van der Waals surface area contributed by atoms with E-state index >= 15 is 0 Å². The number of carbonyl (C=O) groups is 1. The second kappa shape index (κ2) is 6.51. The number of aliphatic hydroxyl groups is 1. The Morgan fingerprint density at radius 2 is 2.14 bits per heavy atom. The van der Waals surface area contributed by atoms with Crippen molar-refractivity contribution >= 4 is 27.6 Å². The summed E-state index contributed by atoms with van der Waals surface area (Å²) in [5.74, 6) is -1.30. The first-order valence-corrected chi connectivity index (χ1v) is 8.33. The van der Waals surface area contributed by atoms with Gasteiger partial charge in [0.05, 0.1) is 27.7 Å². The van der Waals surface area contributed by atoms with Gasteiger partial charge in [-0.25, -0.2) is 13.2 Å². The second-order valence-electron chi connectivity index (χ2n) is 4.94. The van der Waals surface area contributed by atoms with Crippen molar-refractivity contribution in [3.05, 3.63) is 28.8 Å². The van der Waals surface area contributed by atoms with Gasteiger partial charge in [0.15, 0.2) is 0 Å². The van der Waals surface area contributed by atoms with E-state index in [9.17, 15) is 18.3 Å². The lowest BCUT2D eigenvalue weighted by Gasteiger charge is -2.34. The number of aliphatic hydroxyl groups excluding tert-OH is 1. The van der Waals surface area contributed by atoms with Crippen LogP contribution in [-0.4, -0.2) is 61.3 Å². The summed E-state index contributed by atoms with van der Waals surface area (Å²) in [7, 11) is -2.48. The third-order valence-electron chi connectivity index (χ3n) is 3.60. The van der Waals surface area contributed by atoms with E-state index < -0.39 is 28.2 Å². The number of nitrogens with zero attached hydrogens (tertiary/aromatic N) is 1. The fourth-order valence-corrected chi connectivity index (χ4v) is 4.00. The maximum Gasteiger partial charge on any atom is 0.337 e. The molecular weight excluding hydrogens is 334 g/mol. The number of hydrogen-bond donors (Lipinski definition) is 2. The predicted octanol–water partition coefficient (Wildman–Crippen LogP) is 0.808. The maximum atomic E-state index is 12.6. The van der Waals surface area contributed by atoms with Gasteiger partial charge in [-0.15, -0.1) is 0 Å². The van der Waals surface area contributed by atoms with Gasteiger partial charge >= 0.3 is 5.97 Å². The molecule has 2 atom stereocenters. The molecule has 2 N–H and O–H groups in total. The van der Waals surface area contributed by atoms with E-state index in [1.54, 1.807) is 0 Å². The topological polar surface area (TPSA) is 104 Å². The van der Waals surface area contributed by atoms with Gasteiger partial charge in [0.1, 0.15) is 0 Å². The normalized spacial score (nSPS) is 23.4. The summed E-state index contributed by atoms with van der Waals surface area (Å²) in [5, 5.41) is 18.7. The van der Waals surface area contributed by atoms with Crippen molar-refractivity contribution in [1.29, 1.82) is 0 Å². The van der Waals surface area contributed by atoms with Crippen LogP contribution in [0.25, 0.3) is 0 Å². The van der Waals surface area contributed by atoms with E-state index in [1.165, 1.54) is 23.5 Å². The van der Waals surface area contributed by atoms with Crippen LogP contribution in [0.5, 0.6) is 0 Å². The van der Waals surface area contributed by atoms with E-state index in [-0.39, 0.29) is 35.0 Å². The Bertz CT molecular complexity index is 677. The van der Waals surface area contributed by atoms with Gasteiger partial charge in [0.2, 0.25) is 10.0 Å². The molecule has 0 spiro atoms. The SMILES string of the molecule is COC1CN(S(=O)(=O)c2ccc(Cl)c(C(=O)O)c2)CCC1O. The van der Waals surface area contributed by atoms with Crippen molar-refractivity contribution in [2.24, 2.45) is 0 Å². The Morgan fingerprint density at radius 1 is 1.45 bits per heavy atom. The highest BCUT2D eigenvalue weighted by molar-refractivity contribution is 7.89. The number of benzene rings is 1. The van der Waals surface area contributed by atoms with Gasteiger partial charge in [-0.3, -0.25) is 0 Å². The Balaban J connectivity index is 2.35. The molecular formula is C13H16ClNO6S. The Kier molecular flexibility index (Phi) is 5.08. The molecule has 0 saturated carbocycles. The van der Waals surface area contributed by atoms with Crippen LogP contribution in [0, 0.1) is 0 Å². The number of sulfonamides is 1. The van der Waals surface area contributed by atoms with Crippen molar-refractivity contribution < 1.29 is 28.2 Å². The van der Waals surface area contributed by atoms with Crippen LogP contribution in [0.4, 0.5) is 0 Å². The van der Waals surface area contributed by atoms with Crippen LogP contribution in [0.3, 0.4) is 0 Å². The van der Waals surface area contributed by atoms with Gasteiger partial charge in [-0.05, 0) is 24.6 Å². The van der Waals surface area contributed by atoms with Crippen LogP contribution >= 0.6 is 11.6 Å². The molecule has 122 valence electrons. The molecule has 2 rings (SSSR count). The first-order chi connectivity index (χ1) is 10.3. The largest absolute Gasteiger partial charge is 0.478 e. The molecule has 1 aromatic carbocycles. The maximum absolute atomic E-state index is 12.6. The molecule has 0 bridgehead atoms. The highest BCUT2D eigenvalue weighted by atomic mass is 35.5. The van der Waals surface area contributed by atoms with Crippen LogP contribution in [0.2, 0.25) is 5.02 Å². The Labute approximate surface area is 133 Å². The van der Waals surface area contributed by atoms with Crippen molar-refractivity contribution in [2.75, 3.05) is 20.2 Å². The third kappa shape index (κ3) is 3.26. The zero-order valence-corrected chi connectivity index (χ0v) is 13.3. The number of aromatic carboxylic acids is 1. The number of rotatable bonds is 4. The predicted molar refractivity (Wildman–Crippen MR) is 78.6 cm³/mol. The second-order valence-corrected chi connectivity index (χ2v) is 7.29. The molecule has 1 aliphatic rings. The molecule has 9 heteroatoms. The van der Waals surface area contributed by atoms with E-state index in [1.807, 2.05) is 0 Å². The van der Waals surface area contributed by atoms with Gasteiger partial charge in [0.25, 0.3) is 0 Å². The van der Waals surface area contributed by atoms with Gasteiger partial charge in [-0.1, -0.05) is 11.6 Å². The summed E-state index contributed by atoms with van der Waals surface area (Å²) in [5.41, 5.74) is -0.275. The standard InChI is InChI=1S/C13H16ClNO6S/c1-21-12-7-15(5-4-11(12)16)22(19,20)8-2-3-10(14)9(6-8)13(17)18/h2-3,6,11-12,16H,4-5,7H2,1H3,(H,17,18). The van der Waals surface area contributed by atoms with E-state index in [4.69, 9.17) is 21.4 Å². The van der Waals surface area contributed by atoms with Crippen LogP contribution in [-0.2, 0) is 14.8 Å². The van der Waals surface area contributed by atoms with Crippen LogP contribution < -0.4 is 0 Å². The van der Waals surface area contributed by atoms with E-state index in [2.05, 4.69) is 0 Å².